The number of amides is 1. The molecule has 10 heteroatoms. The number of ether oxygens (including phenoxy) is 2. The van der Waals surface area contributed by atoms with Crippen LogP contribution in [0.3, 0.4) is 0 Å². The fraction of sp³-hybridized carbons (Fsp3) is 0.500. The summed E-state index contributed by atoms with van der Waals surface area (Å²) >= 11 is 0. The number of hydrogen-bond acceptors (Lipinski definition) is 8. The molecule has 0 spiro atoms. The van der Waals surface area contributed by atoms with Gasteiger partial charge in [0.15, 0.2) is 12.1 Å². The van der Waals surface area contributed by atoms with Gasteiger partial charge >= 0.3 is 5.97 Å². The number of primary amides is 1. The Labute approximate surface area is 161 Å². The Kier molecular flexibility index (Phi) is 5.59. The molecular formula is C18H23N5O5. The van der Waals surface area contributed by atoms with Crippen LogP contribution in [-0.4, -0.2) is 52.2 Å². The van der Waals surface area contributed by atoms with E-state index in [0.717, 1.165) is 25.7 Å². The van der Waals surface area contributed by atoms with Gasteiger partial charge in [0.2, 0.25) is 0 Å². The van der Waals surface area contributed by atoms with Crippen LogP contribution in [0.4, 0.5) is 0 Å². The lowest BCUT2D eigenvalue weighted by Gasteiger charge is -2.39. The van der Waals surface area contributed by atoms with Gasteiger partial charge in [0.05, 0.1) is 30.7 Å². The number of esters is 1. The van der Waals surface area contributed by atoms with Crippen LogP contribution in [-0.2, 0) is 14.3 Å². The van der Waals surface area contributed by atoms with Crippen molar-refractivity contribution >= 4 is 23.1 Å². The average Bonchev–Trinajstić information content (AvgIpc) is 3.37. The molecule has 0 saturated heterocycles. The van der Waals surface area contributed by atoms with Gasteiger partial charge in [-0.2, -0.15) is 0 Å². The number of aromatic nitrogens is 4. The lowest BCUT2D eigenvalue weighted by Crippen LogP contribution is -2.33. The third kappa shape index (κ3) is 3.68. The van der Waals surface area contributed by atoms with Crippen LogP contribution in [0.25, 0.3) is 11.3 Å². The van der Waals surface area contributed by atoms with Crippen molar-refractivity contribution in [2.75, 3.05) is 14.2 Å². The molecule has 1 amide bonds. The highest BCUT2D eigenvalue weighted by molar-refractivity contribution is 6.24. The summed E-state index contributed by atoms with van der Waals surface area (Å²) in [6, 6.07) is 0. The van der Waals surface area contributed by atoms with E-state index in [0.29, 0.717) is 11.4 Å². The van der Waals surface area contributed by atoms with E-state index in [9.17, 15) is 9.59 Å². The largest absolute Gasteiger partial charge is 0.464 e. The maximum Gasteiger partial charge on any atom is 0.360 e. The second-order valence-corrected chi connectivity index (χ2v) is 7.00. The van der Waals surface area contributed by atoms with Crippen molar-refractivity contribution < 1.29 is 23.5 Å². The minimum Gasteiger partial charge on any atom is -0.464 e. The summed E-state index contributed by atoms with van der Waals surface area (Å²) in [7, 11) is 2.95. The highest BCUT2D eigenvalue weighted by Crippen LogP contribution is 2.47. The second-order valence-electron chi connectivity index (χ2n) is 7.00. The van der Waals surface area contributed by atoms with E-state index in [2.05, 4.69) is 15.3 Å². The van der Waals surface area contributed by atoms with Crippen molar-refractivity contribution in [3.63, 3.8) is 0 Å². The standard InChI is InChI=1S/C18H23N5O5/c1-18(6-4-11(26-2)5-7-18)15(14(16(19)24)13-9-28-10-20-13)23-8-12(21-22-23)17(25)27-3/h8-11H,4-7H2,1-3H3,(H2,19,24)/b15-14+. The molecule has 1 aliphatic carbocycles. The van der Waals surface area contributed by atoms with E-state index in [4.69, 9.17) is 19.6 Å². The van der Waals surface area contributed by atoms with E-state index in [-0.39, 0.29) is 17.4 Å². The van der Waals surface area contributed by atoms with Crippen LogP contribution in [0, 0.1) is 5.41 Å². The first-order valence-electron chi connectivity index (χ1n) is 8.86. The zero-order valence-corrected chi connectivity index (χ0v) is 16.0. The molecule has 150 valence electrons. The van der Waals surface area contributed by atoms with Gasteiger partial charge in [-0.05, 0) is 25.7 Å². The topological polar surface area (TPSA) is 135 Å². The molecule has 1 fully saturated rings. The Balaban J connectivity index is 2.17. The molecule has 0 bridgehead atoms. The Hall–Kier alpha value is -3.01. The molecule has 0 aliphatic heterocycles. The molecule has 1 saturated carbocycles. The molecule has 3 rings (SSSR count). The van der Waals surface area contributed by atoms with Crippen molar-refractivity contribution in [2.45, 2.75) is 38.7 Å². The molecular weight excluding hydrogens is 366 g/mol. The van der Waals surface area contributed by atoms with E-state index < -0.39 is 17.3 Å². The van der Waals surface area contributed by atoms with Gasteiger partial charge < -0.3 is 19.6 Å². The number of rotatable bonds is 6. The van der Waals surface area contributed by atoms with Crippen LogP contribution in [0.1, 0.15) is 48.8 Å². The van der Waals surface area contributed by atoms with Gasteiger partial charge in [0.1, 0.15) is 12.0 Å². The number of carbonyl (C=O) groups is 2. The fourth-order valence-electron chi connectivity index (χ4n) is 3.67. The Morgan fingerprint density at radius 1 is 1.29 bits per heavy atom. The molecule has 2 aromatic rings. The first kappa shape index (κ1) is 19.7. The van der Waals surface area contributed by atoms with Gasteiger partial charge in [-0.25, -0.2) is 14.5 Å². The van der Waals surface area contributed by atoms with Gasteiger partial charge in [-0.1, -0.05) is 12.1 Å². The maximum absolute atomic E-state index is 12.4. The summed E-state index contributed by atoms with van der Waals surface area (Å²) in [6.45, 7) is 2.02. The molecule has 2 heterocycles. The molecule has 1 aliphatic rings. The Morgan fingerprint density at radius 2 is 2.00 bits per heavy atom. The lowest BCUT2D eigenvalue weighted by molar-refractivity contribution is -0.112. The number of nitrogens with two attached hydrogens (primary N) is 1. The molecule has 0 aromatic carbocycles. The summed E-state index contributed by atoms with van der Waals surface area (Å²) in [5.74, 6) is -1.30. The van der Waals surface area contributed by atoms with E-state index in [1.165, 1.54) is 30.6 Å². The summed E-state index contributed by atoms with van der Waals surface area (Å²) in [6.07, 6.45) is 7.22. The normalized spacial score (nSPS) is 23.2. The van der Waals surface area contributed by atoms with Crippen LogP contribution < -0.4 is 5.73 Å². The number of allylic oxidation sites excluding steroid dienone is 1. The maximum atomic E-state index is 12.4. The minimum atomic E-state index is -0.672. The zero-order chi connectivity index (χ0) is 20.3. The van der Waals surface area contributed by atoms with Crippen LogP contribution in [0.2, 0.25) is 0 Å². The first-order valence-corrected chi connectivity index (χ1v) is 8.86. The van der Waals surface area contributed by atoms with E-state index >= 15 is 0 Å². The zero-order valence-electron chi connectivity index (χ0n) is 16.0. The molecule has 2 N–H and O–H groups in total. The molecule has 28 heavy (non-hydrogen) atoms. The SMILES string of the molecule is COC(=O)c1cn(/C(=C(/C(N)=O)c2cocn2)C2(C)CCC(OC)CC2)nn1. The minimum absolute atomic E-state index is 0.0261. The quantitative estimate of drug-likeness (QED) is 0.580. The van der Waals surface area contributed by atoms with Gasteiger partial charge in [0.25, 0.3) is 5.91 Å². The first-order chi connectivity index (χ1) is 13.4. The average molecular weight is 389 g/mol. The van der Waals surface area contributed by atoms with Crippen molar-refractivity contribution in [2.24, 2.45) is 11.1 Å². The van der Waals surface area contributed by atoms with Gasteiger partial charge in [-0.3, -0.25) is 4.79 Å². The smallest absolute Gasteiger partial charge is 0.360 e. The molecule has 0 unspecified atom stereocenters. The summed E-state index contributed by atoms with van der Waals surface area (Å²) < 4.78 is 16.6. The highest BCUT2D eigenvalue weighted by Gasteiger charge is 2.40. The van der Waals surface area contributed by atoms with Crippen molar-refractivity contribution in [3.05, 3.63) is 30.2 Å². The number of hydrogen-bond donors (Lipinski definition) is 1. The van der Waals surface area contributed by atoms with Crippen molar-refractivity contribution in [1.82, 2.24) is 20.0 Å². The lowest BCUT2D eigenvalue weighted by atomic mass is 9.71. The van der Waals surface area contributed by atoms with E-state index in [1.54, 1.807) is 7.11 Å². The highest BCUT2D eigenvalue weighted by atomic mass is 16.5. The second kappa shape index (κ2) is 7.93. The Bertz CT molecular complexity index is 878. The number of nitrogens with zero attached hydrogens (tertiary/aromatic N) is 4. The van der Waals surface area contributed by atoms with Gasteiger partial charge in [-0.15, -0.1) is 5.10 Å². The fourth-order valence-corrected chi connectivity index (χ4v) is 3.67. The third-order valence-corrected chi connectivity index (χ3v) is 5.23. The predicted molar refractivity (Wildman–Crippen MR) is 97.5 cm³/mol. The summed E-state index contributed by atoms with van der Waals surface area (Å²) in [5, 5.41) is 7.94. The van der Waals surface area contributed by atoms with Crippen molar-refractivity contribution in [3.8, 4) is 0 Å². The van der Waals surface area contributed by atoms with E-state index in [1.807, 2.05) is 6.92 Å². The molecule has 0 atom stereocenters. The summed E-state index contributed by atoms with van der Waals surface area (Å²) in [5.41, 5.74) is 6.27. The van der Waals surface area contributed by atoms with Gasteiger partial charge in [0, 0.05) is 12.5 Å². The van der Waals surface area contributed by atoms with Crippen LogP contribution >= 0.6 is 0 Å². The number of oxazole rings is 1. The third-order valence-electron chi connectivity index (χ3n) is 5.23. The van der Waals surface area contributed by atoms with Crippen molar-refractivity contribution in [1.29, 1.82) is 0 Å². The Morgan fingerprint density at radius 3 is 2.54 bits per heavy atom. The monoisotopic (exact) mass is 389 g/mol. The number of carbonyl (C=O) groups excluding carboxylic acids is 2. The molecule has 0 radical (unpaired) electrons. The molecule has 10 nitrogen and oxygen atoms in total. The molecule has 2 aromatic heterocycles. The van der Waals surface area contributed by atoms with Crippen LogP contribution in [0.5, 0.6) is 0 Å². The van der Waals surface area contributed by atoms with Crippen LogP contribution in [0.15, 0.2) is 23.3 Å². The number of methoxy groups -OCH3 is 2. The predicted octanol–water partition coefficient (Wildman–Crippen LogP) is 1.50. The summed E-state index contributed by atoms with van der Waals surface area (Å²) in [4.78, 5) is 28.3.